The first-order chi connectivity index (χ1) is 9.29. The fourth-order valence-corrected chi connectivity index (χ4v) is 5.29. The summed E-state index contributed by atoms with van der Waals surface area (Å²) < 4.78 is 6.87. The number of hydrogen-bond acceptors (Lipinski definition) is 5. The van der Waals surface area contributed by atoms with Gasteiger partial charge in [-0.3, -0.25) is 0 Å². The van der Waals surface area contributed by atoms with Crippen LogP contribution in [0.25, 0.3) is 16.3 Å². The topological polar surface area (TPSA) is 24.9 Å². The second-order valence-electron chi connectivity index (χ2n) is 3.90. The fourth-order valence-electron chi connectivity index (χ4n) is 1.74. The van der Waals surface area contributed by atoms with E-state index in [0.717, 1.165) is 21.5 Å². The lowest BCUT2D eigenvalue weighted by molar-refractivity contribution is 1.21. The zero-order valence-corrected chi connectivity index (χ0v) is 14.2. The first-order valence-electron chi connectivity index (χ1n) is 5.76. The van der Waals surface area contributed by atoms with Gasteiger partial charge < -0.3 is 5.32 Å². The van der Waals surface area contributed by atoms with E-state index in [2.05, 4.69) is 55.3 Å². The Labute approximate surface area is 132 Å². The number of halogens is 1. The molecule has 1 N–H and O–H groups in total. The molecule has 0 aliphatic heterocycles. The molecule has 0 aliphatic carbocycles. The molecule has 3 heterocycles. The Bertz CT molecular complexity index is 710. The molecule has 2 nitrogen and oxygen atoms in total. The van der Waals surface area contributed by atoms with E-state index in [0.29, 0.717) is 0 Å². The van der Waals surface area contributed by atoms with Crippen molar-refractivity contribution in [3.05, 3.63) is 37.8 Å². The summed E-state index contributed by atoms with van der Waals surface area (Å²) >= 11 is 8.71. The second kappa shape index (κ2) is 5.75. The molecule has 0 spiro atoms. The van der Waals surface area contributed by atoms with Gasteiger partial charge in [0.25, 0.3) is 0 Å². The van der Waals surface area contributed by atoms with E-state index in [4.69, 9.17) is 0 Å². The van der Waals surface area contributed by atoms with Crippen LogP contribution in [-0.2, 0) is 6.54 Å². The SMILES string of the molecule is C/C=C\c1sc2c(NCc3cccs3)snc2c1Br. The van der Waals surface area contributed by atoms with Gasteiger partial charge in [0, 0.05) is 9.75 Å². The zero-order chi connectivity index (χ0) is 13.2. The number of anilines is 1. The maximum absolute atomic E-state index is 4.53. The molecular formula is C13H11BrN2S3. The number of nitrogens with one attached hydrogen (secondary N) is 1. The zero-order valence-electron chi connectivity index (χ0n) is 10.1. The van der Waals surface area contributed by atoms with Gasteiger partial charge in [-0.15, -0.1) is 22.7 Å². The second-order valence-corrected chi connectivity index (χ2v) is 7.55. The quantitative estimate of drug-likeness (QED) is 0.624. The van der Waals surface area contributed by atoms with Crippen molar-refractivity contribution >= 4 is 71.4 Å². The standard InChI is InChI=1S/C13H11BrN2S3/c1-2-4-9-10(14)11-12(18-9)13(19-16-11)15-7-8-5-3-6-17-8/h2-6,15H,7H2,1H3/b4-2-. The van der Waals surface area contributed by atoms with E-state index in [9.17, 15) is 0 Å². The number of hydrogen-bond donors (Lipinski definition) is 1. The summed E-state index contributed by atoms with van der Waals surface area (Å²) in [6, 6.07) is 4.22. The largest absolute Gasteiger partial charge is 0.370 e. The number of rotatable bonds is 4. The summed E-state index contributed by atoms with van der Waals surface area (Å²) in [5.74, 6) is 0. The molecule has 0 unspecified atom stereocenters. The van der Waals surface area contributed by atoms with Gasteiger partial charge in [0.15, 0.2) is 0 Å². The summed E-state index contributed by atoms with van der Waals surface area (Å²) in [5.41, 5.74) is 1.07. The van der Waals surface area contributed by atoms with Gasteiger partial charge in [0.05, 0.1) is 15.7 Å². The first kappa shape index (κ1) is 13.3. The van der Waals surface area contributed by atoms with E-state index in [1.165, 1.54) is 26.0 Å². The minimum atomic E-state index is 0.865. The predicted octanol–water partition coefficient (Wildman–Crippen LogP) is 5.83. The Kier molecular flexibility index (Phi) is 4.02. The van der Waals surface area contributed by atoms with Crippen LogP contribution < -0.4 is 5.32 Å². The molecule has 6 heteroatoms. The third-order valence-electron chi connectivity index (χ3n) is 2.61. The van der Waals surface area contributed by atoms with Gasteiger partial charge in [0.2, 0.25) is 0 Å². The van der Waals surface area contributed by atoms with Gasteiger partial charge in [-0.05, 0) is 51.9 Å². The van der Waals surface area contributed by atoms with E-state index in [-0.39, 0.29) is 0 Å². The Morgan fingerprint density at radius 3 is 3.11 bits per heavy atom. The van der Waals surface area contributed by atoms with E-state index in [1.807, 2.05) is 6.92 Å². The maximum atomic E-state index is 4.53. The van der Waals surface area contributed by atoms with Crippen LogP contribution in [0, 0.1) is 0 Å². The van der Waals surface area contributed by atoms with Crippen molar-refractivity contribution in [2.24, 2.45) is 0 Å². The molecule has 0 radical (unpaired) electrons. The van der Waals surface area contributed by atoms with Gasteiger partial charge >= 0.3 is 0 Å². The van der Waals surface area contributed by atoms with Gasteiger partial charge in [-0.25, -0.2) is 0 Å². The predicted molar refractivity (Wildman–Crippen MR) is 91.6 cm³/mol. The molecule has 0 saturated carbocycles. The molecule has 19 heavy (non-hydrogen) atoms. The number of thiophene rings is 2. The Morgan fingerprint density at radius 2 is 2.37 bits per heavy atom. The van der Waals surface area contributed by atoms with Crippen molar-refractivity contribution in [3.63, 3.8) is 0 Å². The molecule has 0 amide bonds. The van der Waals surface area contributed by atoms with Crippen LogP contribution >= 0.6 is 50.1 Å². The lowest BCUT2D eigenvalue weighted by Crippen LogP contribution is -1.94. The third kappa shape index (κ3) is 2.63. The van der Waals surface area contributed by atoms with Gasteiger partial charge in [-0.1, -0.05) is 12.1 Å². The first-order valence-corrected chi connectivity index (χ1v) is 9.02. The Morgan fingerprint density at radius 1 is 1.47 bits per heavy atom. The Hall–Kier alpha value is -0.690. The van der Waals surface area contributed by atoms with Crippen molar-refractivity contribution < 1.29 is 0 Å². The van der Waals surface area contributed by atoms with Crippen LogP contribution in [0.2, 0.25) is 0 Å². The van der Waals surface area contributed by atoms with Crippen LogP contribution in [-0.4, -0.2) is 4.37 Å². The molecule has 0 fully saturated rings. The highest BCUT2D eigenvalue weighted by Crippen LogP contribution is 2.42. The summed E-state index contributed by atoms with van der Waals surface area (Å²) in [6.07, 6.45) is 4.17. The Balaban J connectivity index is 1.89. The number of aromatic nitrogens is 1. The summed E-state index contributed by atoms with van der Waals surface area (Å²) in [4.78, 5) is 2.57. The third-order valence-corrected chi connectivity index (χ3v) is 6.64. The highest BCUT2D eigenvalue weighted by molar-refractivity contribution is 9.10. The average Bonchev–Trinajstić information content (AvgIpc) is 3.09. The molecule has 98 valence electrons. The van der Waals surface area contributed by atoms with E-state index < -0.39 is 0 Å². The van der Waals surface area contributed by atoms with Crippen molar-refractivity contribution in [3.8, 4) is 0 Å². The van der Waals surface area contributed by atoms with Crippen molar-refractivity contribution in [1.82, 2.24) is 4.37 Å². The number of allylic oxidation sites excluding steroid dienone is 1. The van der Waals surface area contributed by atoms with Crippen LogP contribution in [0.5, 0.6) is 0 Å². The summed E-state index contributed by atoms with van der Waals surface area (Å²) in [5, 5.41) is 6.74. The molecular weight excluding hydrogens is 360 g/mol. The summed E-state index contributed by atoms with van der Waals surface area (Å²) in [6.45, 7) is 2.90. The van der Waals surface area contributed by atoms with Crippen LogP contribution in [0.4, 0.5) is 5.00 Å². The van der Waals surface area contributed by atoms with Crippen LogP contribution in [0.1, 0.15) is 16.7 Å². The molecule has 3 aromatic heterocycles. The maximum Gasteiger partial charge on any atom is 0.127 e. The highest BCUT2D eigenvalue weighted by Gasteiger charge is 2.15. The smallest absolute Gasteiger partial charge is 0.127 e. The average molecular weight is 371 g/mol. The fraction of sp³-hybridized carbons (Fsp3) is 0.154. The van der Waals surface area contributed by atoms with Crippen molar-refractivity contribution in [1.29, 1.82) is 0 Å². The molecule has 0 aromatic carbocycles. The highest BCUT2D eigenvalue weighted by atomic mass is 79.9. The number of nitrogens with zero attached hydrogens (tertiary/aromatic N) is 1. The number of fused-ring (bicyclic) bond motifs is 1. The monoisotopic (exact) mass is 370 g/mol. The summed E-state index contributed by atoms with van der Waals surface area (Å²) in [7, 11) is 0. The molecule has 3 rings (SSSR count). The molecule has 0 aliphatic rings. The minimum Gasteiger partial charge on any atom is -0.370 e. The lowest BCUT2D eigenvalue weighted by Gasteiger charge is -1.99. The molecule has 0 saturated heterocycles. The van der Waals surface area contributed by atoms with Crippen molar-refractivity contribution in [2.75, 3.05) is 5.32 Å². The van der Waals surface area contributed by atoms with Crippen molar-refractivity contribution in [2.45, 2.75) is 13.5 Å². The van der Waals surface area contributed by atoms with Crippen LogP contribution in [0.3, 0.4) is 0 Å². The normalized spacial score (nSPS) is 11.7. The van der Waals surface area contributed by atoms with Crippen LogP contribution in [0.15, 0.2) is 28.1 Å². The molecule has 0 atom stereocenters. The minimum absolute atomic E-state index is 0.865. The van der Waals surface area contributed by atoms with Gasteiger partial charge in [0.1, 0.15) is 10.5 Å². The van der Waals surface area contributed by atoms with E-state index >= 15 is 0 Å². The molecule has 0 bridgehead atoms. The lowest BCUT2D eigenvalue weighted by atomic mass is 10.4. The molecule has 3 aromatic rings. The van der Waals surface area contributed by atoms with Gasteiger partial charge in [-0.2, -0.15) is 4.37 Å². The van der Waals surface area contributed by atoms with E-state index in [1.54, 1.807) is 22.7 Å².